The van der Waals surface area contributed by atoms with Gasteiger partial charge in [-0.15, -0.1) is 0 Å². The molecule has 0 bridgehead atoms. The van der Waals surface area contributed by atoms with Crippen LogP contribution in [-0.2, 0) is 16.1 Å². The van der Waals surface area contributed by atoms with Crippen LogP contribution in [0.5, 0.6) is 0 Å². The Morgan fingerprint density at radius 2 is 2.42 bits per heavy atom. The van der Waals surface area contributed by atoms with E-state index in [2.05, 4.69) is 20.2 Å². The molecule has 7 nitrogen and oxygen atoms in total. The van der Waals surface area contributed by atoms with Crippen molar-refractivity contribution in [2.45, 2.75) is 26.0 Å². The minimum atomic E-state index is -0.00544. The predicted octanol–water partition coefficient (Wildman–Crippen LogP) is -0.0800. The molecular formula is C12H19N5O2. The number of methoxy groups -OCH3 is 1. The van der Waals surface area contributed by atoms with Crippen LogP contribution in [0.2, 0.25) is 0 Å². The van der Waals surface area contributed by atoms with E-state index < -0.39 is 0 Å². The summed E-state index contributed by atoms with van der Waals surface area (Å²) in [5, 5.41) is 2.92. The SMILES string of the molecule is COCc1nc(N)cc(N2CCC(NC(C)=O)C2)n1. The molecule has 104 valence electrons. The third kappa shape index (κ3) is 3.54. The van der Waals surface area contributed by atoms with Crippen LogP contribution in [0, 0.1) is 0 Å². The van der Waals surface area contributed by atoms with Gasteiger partial charge in [-0.2, -0.15) is 0 Å². The Balaban J connectivity index is 2.08. The lowest BCUT2D eigenvalue weighted by molar-refractivity contribution is -0.119. The van der Waals surface area contributed by atoms with Crippen molar-refractivity contribution in [2.75, 3.05) is 30.8 Å². The molecule has 1 fully saturated rings. The van der Waals surface area contributed by atoms with Crippen molar-refractivity contribution in [3.63, 3.8) is 0 Å². The lowest BCUT2D eigenvalue weighted by Gasteiger charge is -2.18. The lowest BCUT2D eigenvalue weighted by Crippen LogP contribution is -2.35. The van der Waals surface area contributed by atoms with E-state index in [1.54, 1.807) is 13.2 Å². The fourth-order valence-electron chi connectivity index (χ4n) is 2.23. The molecule has 2 heterocycles. The van der Waals surface area contributed by atoms with Crippen LogP contribution in [0.4, 0.5) is 11.6 Å². The van der Waals surface area contributed by atoms with Crippen LogP contribution in [-0.4, -0.2) is 42.1 Å². The zero-order valence-electron chi connectivity index (χ0n) is 11.2. The molecule has 1 aliphatic heterocycles. The van der Waals surface area contributed by atoms with E-state index in [-0.39, 0.29) is 11.9 Å². The number of rotatable bonds is 4. The second-order valence-corrected chi connectivity index (χ2v) is 4.63. The molecular weight excluding hydrogens is 246 g/mol. The Bertz CT molecular complexity index is 465. The first-order valence-corrected chi connectivity index (χ1v) is 6.23. The molecule has 0 radical (unpaired) electrons. The van der Waals surface area contributed by atoms with Gasteiger partial charge in [0.05, 0.1) is 0 Å². The zero-order chi connectivity index (χ0) is 13.8. The summed E-state index contributed by atoms with van der Waals surface area (Å²) in [4.78, 5) is 21.7. The average molecular weight is 265 g/mol. The highest BCUT2D eigenvalue weighted by atomic mass is 16.5. The smallest absolute Gasteiger partial charge is 0.217 e. The largest absolute Gasteiger partial charge is 0.384 e. The topological polar surface area (TPSA) is 93.4 Å². The van der Waals surface area contributed by atoms with Gasteiger partial charge in [-0.25, -0.2) is 9.97 Å². The minimum Gasteiger partial charge on any atom is -0.384 e. The summed E-state index contributed by atoms with van der Waals surface area (Å²) in [5.74, 6) is 1.78. The van der Waals surface area contributed by atoms with Crippen molar-refractivity contribution < 1.29 is 9.53 Å². The van der Waals surface area contributed by atoms with Gasteiger partial charge < -0.3 is 20.7 Å². The molecule has 0 aliphatic carbocycles. The van der Waals surface area contributed by atoms with Gasteiger partial charge in [0.15, 0.2) is 5.82 Å². The number of anilines is 2. The van der Waals surface area contributed by atoms with E-state index in [1.165, 1.54) is 6.92 Å². The average Bonchev–Trinajstić information content (AvgIpc) is 2.76. The van der Waals surface area contributed by atoms with Crippen LogP contribution < -0.4 is 16.0 Å². The zero-order valence-corrected chi connectivity index (χ0v) is 11.2. The van der Waals surface area contributed by atoms with Gasteiger partial charge in [-0.1, -0.05) is 0 Å². The normalized spacial score (nSPS) is 18.6. The van der Waals surface area contributed by atoms with Gasteiger partial charge in [-0.05, 0) is 6.42 Å². The maximum absolute atomic E-state index is 11.0. The molecule has 1 aromatic rings. The summed E-state index contributed by atoms with van der Waals surface area (Å²) in [6.07, 6.45) is 0.906. The Hall–Kier alpha value is -1.89. The predicted molar refractivity (Wildman–Crippen MR) is 71.6 cm³/mol. The minimum absolute atomic E-state index is 0.00544. The van der Waals surface area contributed by atoms with Gasteiger partial charge in [0.1, 0.15) is 18.2 Å². The fourth-order valence-corrected chi connectivity index (χ4v) is 2.23. The molecule has 1 saturated heterocycles. The van der Waals surface area contributed by atoms with Gasteiger partial charge >= 0.3 is 0 Å². The molecule has 0 saturated carbocycles. The van der Waals surface area contributed by atoms with Crippen molar-refractivity contribution >= 4 is 17.5 Å². The number of ether oxygens (including phenoxy) is 1. The third-order valence-electron chi connectivity index (χ3n) is 2.97. The second kappa shape index (κ2) is 5.83. The standard InChI is InChI=1S/C12H19N5O2/c1-8(18)14-9-3-4-17(6-9)12-5-10(13)15-11(16-12)7-19-2/h5,9H,3-4,6-7H2,1-2H3,(H,14,18)(H2,13,15,16). The lowest BCUT2D eigenvalue weighted by atomic mass is 10.3. The third-order valence-corrected chi connectivity index (χ3v) is 2.97. The monoisotopic (exact) mass is 265 g/mol. The van der Waals surface area contributed by atoms with Crippen LogP contribution in [0.15, 0.2) is 6.07 Å². The highest BCUT2D eigenvalue weighted by Gasteiger charge is 2.24. The summed E-state index contributed by atoms with van der Waals surface area (Å²) in [5.41, 5.74) is 5.77. The molecule has 0 spiro atoms. The molecule has 2 rings (SSSR count). The van der Waals surface area contributed by atoms with E-state index >= 15 is 0 Å². The van der Waals surface area contributed by atoms with Crippen LogP contribution in [0.25, 0.3) is 0 Å². The number of carbonyl (C=O) groups excluding carboxylic acids is 1. The number of amides is 1. The molecule has 1 amide bonds. The van der Waals surface area contributed by atoms with Gasteiger partial charge in [0, 0.05) is 39.2 Å². The van der Waals surface area contributed by atoms with Crippen LogP contribution in [0.1, 0.15) is 19.2 Å². The van der Waals surface area contributed by atoms with Gasteiger partial charge in [0.2, 0.25) is 5.91 Å². The number of nitrogens with one attached hydrogen (secondary N) is 1. The van der Waals surface area contributed by atoms with Crippen LogP contribution in [0.3, 0.4) is 0 Å². The molecule has 0 aromatic carbocycles. The first-order valence-electron chi connectivity index (χ1n) is 6.23. The molecule has 7 heteroatoms. The number of nitrogens with zero attached hydrogens (tertiary/aromatic N) is 3. The first-order chi connectivity index (χ1) is 9.08. The molecule has 1 atom stereocenters. The summed E-state index contributed by atoms with van der Waals surface area (Å²) >= 11 is 0. The van der Waals surface area contributed by atoms with Crippen molar-refractivity contribution in [2.24, 2.45) is 0 Å². The molecule has 1 unspecified atom stereocenters. The Labute approximate surface area is 112 Å². The van der Waals surface area contributed by atoms with E-state index in [4.69, 9.17) is 10.5 Å². The summed E-state index contributed by atoms with van der Waals surface area (Å²) in [6, 6.07) is 1.91. The number of carbonyl (C=O) groups is 1. The van der Waals surface area contributed by atoms with Crippen molar-refractivity contribution in [3.8, 4) is 0 Å². The van der Waals surface area contributed by atoms with Crippen molar-refractivity contribution in [1.82, 2.24) is 15.3 Å². The Kier molecular flexibility index (Phi) is 4.16. The van der Waals surface area contributed by atoms with Gasteiger partial charge in [0.25, 0.3) is 0 Å². The van der Waals surface area contributed by atoms with Crippen LogP contribution >= 0.6 is 0 Å². The van der Waals surface area contributed by atoms with E-state index in [0.29, 0.717) is 18.2 Å². The van der Waals surface area contributed by atoms with Crippen molar-refractivity contribution in [1.29, 1.82) is 0 Å². The Morgan fingerprint density at radius 1 is 1.63 bits per heavy atom. The van der Waals surface area contributed by atoms with E-state index in [9.17, 15) is 4.79 Å². The van der Waals surface area contributed by atoms with E-state index in [0.717, 1.165) is 25.3 Å². The highest BCUT2D eigenvalue weighted by molar-refractivity contribution is 5.73. The number of hydrogen-bond donors (Lipinski definition) is 2. The maximum Gasteiger partial charge on any atom is 0.217 e. The number of nitrogen functional groups attached to an aromatic ring is 1. The molecule has 19 heavy (non-hydrogen) atoms. The number of hydrogen-bond acceptors (Lipinski definition) is 6. The Morgan fingerprint density at radius 3 is 3.11 bits per heavy atom. The highest BCUT2D eigenvalue weighted by Crippen LogP contribution is 2.20. The second-order valence-electron chi connectivity index (χ2n) is 4.63. The number of nitrogens with two attached hydrogens (primary N) is 1. The summed E-state index contributed by atoms with van der Waals surface area (Å²) < 4.78 is 5.02. The molecule has 1 aliphatic rings. The van der Waals surface area contributed by atoms with E-state index in [1.807, 2.05) is 0 Å². The summed E-state index contributed by atoms with van der Waals surface area (Å²) in [7, 11) is 1.59. The quantitative estimate of drug-likeness (QED) is 0.791. The maximum atomic E-state index is 11.0. The fraction of sp³-hybridized carbons (Fsp3) is 0.583. The molecule has 3 N–H and O–H groups in total. The van der Waals surface area contributed by atoms with Crippen molar-refractivity contribution in [3.05, 3.63) is 11.9 Å². The summed E-state index contributed by atoms with van der Waals surface area (Å²) in [6.45, 7) is 3.44. The molecule has 1 aromatic heterocycles. The van der Waals surface area contributed by atoms with Gasteiger partial charge in [-0.3, -0.25) is 4.79 Å². The first kappa shape index (κ1) is 13.5. The number of aromatic nitrogens is 2.